The Kier molecular flexibility index (Phi) is 4.79. The number of halogens is 1. The minimum Gasteiger partial charge on any atom is -0.464 e. The first kappa shape index (κ1) is 14.3. The summed E-state index contributed by atoms with van der Waals surface area (Å²) in [5, 5.41) is 7.63. The molecule has 2 aromatic rings. The SMILES string of the molecule is CNC(c1ccc(C)o1)c1c(Br)cnn1CCOC. The summed E-state index contributed by atoms with van der Waals surface area (Å²) in [5.74, 6) is 1.77. The molecule has 0 saturated heterocycles. The van der Waals surface area contributed by atoms with E-state index in [0.717, 1.165) is 21.7 Å². The summed E-state index contributed by atoms with van der Waals surface area (Å²) >= 11 is 3.55. The summed E-state index contributed by atoms with van der Waals surface area (Å²) in [7, 11) is 3.59. The normalized spacial score (nSPS) is 12.8. The molecule has 0 saturated carbocycles. The molecule has 6 heteroatoms. The van der Waals surface area contributed by atoms with E-state index in [1.807, 2.05) is 30.8 Å². The Morgan fingerprint density at radius 1 is 1.53 bits per heavy atom. The summed E-state index contributed by atoms with van der Waals surface area (Å²) < 4.78 is 13.7. The molecule has 1 unspecified atom stereocenters. The molecule has 2 heterocycles. The molecule has 104 valence electrons. The van der Waals surface area contributed by atoms with Crippen LogP contribution in [-0.4, -0.2) is 30.5 Å². The van der Waals surface area contributed by atoms with E-state index < -0.39 is 0 Å². The maximum absolute atomic E-state index is 5.72. The van der Waals surface area contributed by atoms with E-state index in [2.05, 4.69) is 26.3 Å². The van der Waals surface area contributed by atoms with Gasteiger partial charge in [-0.25, -0.2) is 0 Å². The van der Waals surface area contributed by atoms with Crippen molar-refractivity contribution in [1.29, 1.82) is 0 Å². The number of rotatable bonds is 6. The van der Waals surface area contributed by atoms with Gasteiger partial charge in [-0.3, -0.25) is 4.68 Å². The molecule has 0 radical (unpaired) electrons. The minimum absolute atomic E-state index is 0.0394. The van der Waals surface area contributed by atoms with E-state index in [4.69, 9.17) is 9.15 Å². The summed E-state index contributed by atoms with van der Waals surface area (Å²) in [6.07, 6.45) is 1.80. The number of aromatic nitrogens is 2. The Morgan fingerprint density at radius 2 is 2.32 bits per heavy atom. The largest absolute Gasteiger partial charge is 0.464 e. The molecule has 2 rings (SSSR count). The number of furan rings is 1. The number of ether oxygens (including phenoxy) is 1. The van der Waals surface area contributed by atoms with Gasteiger partial charge in [0, 0.05) is 7.11 Å². The Balaban J connectivity index is 2.34. The van der Waals surface area contributed by atoms with Gasteiger partial charge in [0.15, 0.2) is 0 Å². The van der Waals surface area contributed by atoms with Crippen molar-refractivity contribution in [3.63, 3.8) is 0 Å². The Morgan fingerprint density at radius 3 is 2.89 bits per heavy atom. The third-order valence-electron chi connectivity index (χ3n) is 2.95. The molecule has 0 aliphatic heterocycles. The standard InChI is InChI=1S/C13H18BrN3O2/c1-9-4-5-11(19-9)12(15-2)13-10(14)8-16-17(13)6-7-18-3/h4-5,8,12,15H,6-7H2,1-3H3. The van der Waals surface area contributed by atoms with E-state index in [1.165, 1.54) is 0 Å². The van der Waals surface area contributed by atoms with Crippen LogP contribution >= 0.6 is 15.9 Å². The molecule has 0 aliphatic carbocycles. The van der Waals surface area contributed by atoms with E-state index in [0.29, 0.717) is 13.2 Å². The molecule has 0 amide bonds. The van der Waals surface area contributed by atoms with Gasteiger partial charge >= 0.3 is 0 Å². The van der Waals surface area contributed by atoms with Gasteiger partial charge in [0.25, 0.3) is 0 Å². The molecule has 0 bridgehead atoms. The fourth-order valence-corrected chi connectivity index (χ4v) is 2.56. The quantitative estimate of drug-likeness (QED) is 0.885. The highest BCUT2D eigenvalue weighted by molar-refractivity contribution is 9.10. The van der Waals surface area contributed by atoms with Crippen molar-refractivity contribution in [2.24, 2.45) is 0 Å². The highest BCUT2D eigenvalue weighted by atomic mass is 79.9. The molecule has 2 aromatic heterocycles. The highest BCUT2D eigenvalue weighted by Crippen LogP contribution is 2.29. The lowest BCUT2D eigenvalue weighted by atomic mass is 10.1. The maximum Gasteiger partial charge on any atom is 0.127 e. The van der Waals surface area contributed by atoms with Crippen LogP contribution in [0, 0.1) is 6.92 Å². The summed E-state index contributed by atoms with van der Waals surface area (Å²) in [6, 6.07) is 3.91. The average Bonchev–Trinajstić information content (AvgIpc) is 2.97. The molecular formula is C13H18BrN3O2. The molecule has 1 atom stereocenters. The van der Waals surface area contributed by atoms with Gasteiger partial charge in [0.1, 0.15) is 17.6 Å². The highest BCUT2D eigenvalue weighted by Gasteiger charge is 2.23. The summed E-state index contributed by atoms with van der Waals surface area (Å²) in [5.41, 5.74) is 1.04. The van der Waals surface area contributed by atoms with Crippen molar-refractivity contribution in [1.82, 2.24) is 15.1 Å². The van der Waals surface area contributed by atoms with Crippen LogP contribution in [0.2, 0.25) is 0 Å². The van der Waals surface area contributed by atoms with E-state index >= 15 is 0 Å². The van der Waals surface area contributed by atoms with Gasteiger partial charge in [0.05, 0.1) is 29.5 Å². The second-order valence-electron chi connectivity index (χ2n) is 4.26. The molecule has 0 aliphatic rings. The van der Waals surface area contributed by atoms with Crippen LogP contribution in [0.5, 0.6) is 0 Å². The van der Waals surface area contributed by atoms with Crippen molar-refractivity contribution in [2.45, 2.75) is 19.5 Å². The second-order valence-corrected chi connectivity index (χ2v) is 5.12. The lowest BCUT2D eigenvalue weighted by Gasteiger charge is -2.16. The predicted octanol–water partition coefficient (Wildman–Crippen LogP) is 2.50. The monoisotopic (exact) mass is 327 g/mol. The van der Waals surface area contributed by atoms with Crippen LogP contribution in [0.1, 0.15) is 23.3 Å². The first-order valence-electron chi connectivity index (χ1n) is 6.11. The molecule has 19 heavy (non-hydrogen) atoms. The third-order valence-corrected chi connectivity index (χ3v) is 3.56. The molecule has 0 spiro atoms. The van der Waals surface area contributed by atoms with Crippen molar-refractivity contribution in [2.75, 3.05) is 20.8 Å². The van der Waals surface area contributed by atoms with E-state index in [1.54, 1.807) is 13.3 Å². The van der Waals surface area contributed by atoms with Gasteiger partial charge in [-0.1, -0.05) is 0 Å². The Labute approximate surface area is 121 Å². The van der Waals surface area contributed by atoms with Crippen LogP contribution < -0.4 is 5.32 Å². The van der Waals surface area contributed by atoms with Gasteiger partial charge in [-0.05, 0) is 42.0 Å². The molecule has 0 aromatic carbocycles. The van der Waals surface area contributed by atoms with Crippen LogP contribution in [-0.2, 0) is 11.3 Å². The van der Waals surface area contributed by atoms with Gasteiger partial charge in [0.2, 0.25) is 0 Å². The zero-order valence-corrected chi connectivity index (χ0v) is 12.9. The first-order valence-corrected chi connectivity index (χ1v) is 6.90. The maximum atomic E-state index is 5.72. The Hall–Kier alpha value is -1.11. The predicted molar refractivity (Wildman–Crippen MR) is 76.2 cm³/mol. The number of hydrogen-bond donors (Lipinski definition) is 1. The lowest BCUT2D eigenvalue weighted by Crippen LogP contribution is -2.22. The van der Waals surface area contributed by atoms with Crippen molar-refractivity contribution in [3.05, 3.63) is 40.0 Å². The van der Waals surface area contributed by atoms with Crippen LogP contribution in [0.3, 0.4) is 0 Å². The first-order chi connectivity index (χ1) is 9.17. The minimum atomic E-state index is -0.0394. The number of hydrogen-bond acceptors (Lipinski definition) is 4. The van der Waals surface area contributed by atoms with Gasteiger partial charge in [-0.2, -0.15) is 5.10 Å². The second kappa shape index (κ2) is 6.36. The molecule has 0 fully saturated rings. The van der Waals surface area contributed by atoms with Crippen LogP contribution in [0.15, 0.2) is 27.2 Å². The topological polar surface area (TPSA) is 52.2 Å². The number of nitrogens with zero attached hydrogens (tertiary/aromatic N) is 2. The van der Waals surface area contributed by atoms with Crippen LogP contribution in [0.4, 0.5) is 0 Å². The third kappa shape index (κ3) is 3.08. The van der Waals surface area contributed by atoms with Crippen LogP contribution in [0.25, 0.3) is 0 Å². The zero-order valence-electron chi connectivity index (χ0n) is 11.3. The zero-order chi connectivity index (χ0) is 13.8. The Bertz CT molecular complexity index is 536. The fraction of sp³-hybridized carbons (Fsp3) is 0.462. The average molecular weight is 328 g/mol. The van der Waals surface area contributed by atoms with Crippen molar-refractivity contribution in [3.8, 4) is 0 Å². The summed E-state index contributed by atoms with van der Waals surface area (Å²) in [6.45, 7) is 3.26. The lowest BCUT2D eigenvalue weighted by molar-refractivity contribution is 0.181. The number of aryl methyl sites for hydroxylation is 1. The van der Waals surface area contributed by atoms with Gasteiger partial charge in [-0.15, -0.1) is 0 Å². The fourth-order valence-electron chi connectivity index (χ4n) is 2.04. The van der Waals surface area contributed by atoms with E-state index in [9.17, 15) is 0 Å². The van der Waals surface area contributed by atoms with E-state index in [-0.39, 0.29) is 6.04 Å². The number of nitrogens with one attached hydrogen (secondary N) is 1. The van der Waals surface area contributed by atoms with Crippen molar-refractivity contribution >= 4 is 15.9 Å². The molecular weight excluding hydrogens is 310 g/mol. The summed E-state index contributed by atoms with van der Waals surface area (Å²) in [4.78, 5) is 0. The van der Waals surface area contributed by atoms with Crippen molar-refractivity contribution < 1.29 is 9.15 Å². The number of methoxy groups -OCH3 is 1. The molecule has 5 nitrogen and oxygen atoms in total. The van der Waals surface area contributed by atoms with Gasteiger partial charge < -0.3 is 14.5 Å². The molecule has 1 N–H and O–H groups in total. The smallest absolute Gasteiger partial charge is 0.127 e.